The molecule has 0 fully saturated rings. The molecule has 0 spiro atoms. The van der Waals surface area contributed by atoms with Crippen LogP contribution in [0.1, 0.15) is 37.9 Å². The smallest absolute Gasteiger partial charge is 0.108 e. The van der Waals surface area contributed by atoms with E-state index >= 15 is 0 Å². The first-order valence-corrected chi connectivity index (χ1v) is 4.43. The summed E-state index contributed by atoms with van der Waals surface area (Å²) in [5, 5.41) is 0. The lowest BCUT2D eigenvalue weighted by molar-refractivity contribution is 0.504. The average Bonchev–Trinajstić information content (AvgIpc) is 2.35. The van der Waals surface area contributed by atoms with Crippen molar-refractivity contribution in [3.63, 3.8) is 0 Å². The number of aryl methyl sites for hydroxylation is 2. The quantitative estimate of drug-likeness (QED) is 0.615. The molecule has 0 radical (unpaired) electrons. The predicted molar refractivity (Wildman–Crippen MR) is 54.2 cm³/mol. The number of rotatable bonds is 1. The van der Waals surface area contributed by atoms with Gasteiger partial charge in [0.15, 0.2) is 0 Å². The summed E-state index contributed by atoms with van der Waals surface area (Å²) in [6, 6.07) is 2.04. The van der Waals surface area contributed by atoms with Crippen LogP contribution < -0.4 is 0 Å². The highest BCUT2D eigenvalue weighted by Crippen LogP contribution is 2.14. The second-order valence-electron chi connectivity index (χ2n) is 2.37. The molecule has 1 aromatic heterocycles. The third kappa shape index (κ3) is 2.95. The van der Waals surface area contributed by atoms with Gasteiger partial charge in [-0.1, -0.05) is 26.0 Å². The van der Waals surface area contributed by atoms with E-state index in [4.69, 9.17) is 4.42 Å². The molecule has 0 atom stereocenters. The van der Waals surface area contributed by atoms with Crippen molar-refractivity contribution in [2.24, 2.45) is 0 Å². The number of hydrogen-bond donors (Lipinski definition) is 0. The monoisotopic (exact) mass is 166 g/mol. The minimum absolute atomic E-state index is 0.977. The molecule has 0 bridgehead atoms. The van der Waals surface area contributed by atoms with Crippen LogP contribution in [-0.4, -0.2) is 0 Å². The molecule has 1 rings (SSSR count). The molecule has 1 aromatic rings. The fourth-order valence-corrected chi connectivity index (χ4v) is 0.996. The van der Waals surface area contributed by atoms with Crippen LogP contribution in [0.2, 0.25) is 0 Å². The molecule has 0 aromatic carbocycles. The van der Waals surface area contributed by atoms with Crippen LogP contribution in [0.25, 0.3) is 6.08 Å². The van der Waals surface area contributed by atoms with Crippen molar-refractivity contribution < 1.29 is 4.42 Å². The molecule has 12 heavy (non-hydrogen) atoms. The molecule has 1 nitrogen and oxygen atoms in total. The van der Waals surface area contributed by atoms with Crippen molar-refractivity contribution in [3.8, 4) is 0 Å². The lowest BCUT2D eigenvalue weighted by Crippen LogP contribution is -1.66. The molecule has 0 unspecified atom stereocenters. The SMILES string of the molecule is C/C=C\c1cc(C)oc1C.CC. The zero-order chi connectivity index (χ0) is 9.56. The van der Waals surface area contributed by atoms with Gasteiger partial charge in [-0.25, -0.2) is 0 Å². The standard InChI is InChI=1S/C9H12O.C2H6/c1-4-5-9-6-7(2)10-8(9)3;1-2/h4-6H,1-3H3;1-2H3/b5-4-;. The van der Waals surface area contributed by atoms with E-state index in [9.17, 15) is 0 Å². The average molecular weight is 166 g/mol. The van der Waals surface area contributed by atoms with Crippen LogP contribution in [-0.2, 0) is 0 Å². The minimum atomic E-state index is 0.977. The van der Waals surface area contributed by atoms with Crippen molar-refractivity contribution in [1.82, 2.24) is 0 Å². The van der Waals surface area contributed by atoms with E-state index in [1.165, 1.54) is 5.56 Å². The van der Waals surface area contributed by atoms with Crippen LogP contribution in [0.4, 0.5) is 0 Å². The summed E-state index contributed by atoms with van der Waals surface area (Å²) in [6.07, 6.45) is 4.06. The third-order valence-electron chi connectivity index (χ3n) is 1.43. The highest BCUT2D eigenvalue weighted by molar-refractivity contribution is 5.51. The second-order valence-corrected chi connectivity index (χ2v) is 2.37. The Kier molecular flexibility index (Phi) is 5.18. The first-order valence-electron chi connectivity index (χ1n) is 4.43. The summed E-state index contributed by atoms with van der Waals surface area (Å²) < 4.78 is 5.32. The molecule has 0 aliphatic carbocycles. The Bertz CT molecular complexity index is 244. The van der Waals surface area contributed by atoms with Crippen molar-refractivity contribution in [1.29, 1.82) is 0 Å². The lowest BCUT2D eigenvalue weighted by atomic mass is 10.2. The lowest BCUT2D eigenvalue weighted by Gasteiger charge is -1.83. The summed E-state index contributed by atoms with van der Waals surface area (Å²) in [7, 11) is 0. The van der Waals surface area contributed by atoms with E-state index < -0.39 is 0 Å². The van der Waals surface area contributed by atoms with Gasteiger partial charge in [0.2, 0.25) is 0 Å². The molecule has 1 heterocycles. The summed E-state index contributed by atoms with van der Waals surface area (Å²) >= 11 is 0. The zero-order valence-corrected chi connectivity index (χ0v) is 8.64. The van der Waals surface area contributed by atoms with E-state index in [2.05, 4.69) is 0 Å². The van der Waals surface area contributed by atoms with Gasteiger partial charge >= 0.3 is 0 Å². The molecule has 0 saturated heterocycles. The number of furan rings is 1. The van der Waals surface area contributed by atoms with Crippen LogP contribution in [0.3, 0.4) is 0 Å². The van der Waals surface area contributed by atoms with Crippen LogP contribution in [0, 0.1) is 13.8 Å². The number of hydrogen-bond acceptors (Lipinski definition) is 1. The maximum atomic E-state index is 5.32. The highest BCUT2D eigenvalue weighted by atomic mass is 16.3. The predicted octanol–water partition coefficient (Wildman–Crippen LogP) is 3.96. The van der Waals surface area contributed by atoms with Gasteiger partial charge in [0, 0.05) is 5.56 Å². The molecule has 1 heteroatoms. The molecular weight excluding hydrogens is 148 g/mol. The van der Waals surface area contributed by atoms with E-state index in [1.807, 2.05) is 52.8 Å². The van der Waals surface area contributed by atoms with Crippen LogP contribution in [0.15, 0.2) is 16.6 Å². The summed E-state index contributed by atoms with van der Waals surface area (Å²) in [5.74, 6) is 1.97. The molecule has 0 aliphatic heterocycles. The van der Waals surface area contributed by atoms with E-state index in [0.29, 0.717) is 0 Å². The topological polar surface area (TPSA) is 13.1 Å². The molecule has 0 aliphatic rings. The van der Waals surface area contributed by atoms with Gasteiger partial charge in [0.25, 0.3) is 0 Å². The first-order chi connectivity index (χ1) is 5.74. The maximum absolute atomic E-state index is 5.32. The number of allylic oxidation sites excluding steroid dienone is 1. The van der Waals surface area contributed by atoms with E-state index in [0.717, 1.165) is 11.5 Å². The summed E-state index contributed by atoms with van der Waals surface area (Å²) in [6.45, 7) is 9.93. The molecule has 68 valence electrons. The van der Waals surface area contributed by atoms with Crippen molar-refractivity contribution >= 4 is 6.08 Å². The Labute approximate surface area is 75.1 Å². The Morgan fingerprint density at radius 1 is 1.25 bits per heavy atom. The molecule has 0 amide bonds. The Morgan fingerprint density at radius 2 is 1.83 bits per heavy atom. The minimum Gasteiger partial charge on any atom is -0.466 e. The zero-order valence-electron chi connectivity index (χ0n) is 8.64. The van der Waals surface area contributed by atoms with Gasteiger partial charge in [-0.15, -0.1) is 0 Å². The van der Waals surface area contributed by atoms with Gasteiger partial charge in [0.1, 0.15) is 11.5 Å². The van der Waals surface area contributed by atoms with Gasteiger partial charge < -0.3 is 4.42 Å². The third-order valence-corrected chi connectivity index (χ3v) is 1.43. The van der Waals surface area contributed by atoms with Gasteiger partial charge in [0.05, 0.1) is 0 Å². The van der Waals surface area contributed by atoms with Gasteiger partial charge in [-0.05, 0) is 26.8 Å². The first kappa shape index (κ1) is 11.0. The van der Waals surface area contributed by atoms with Gasteiger partial charge in [-0.3, -0.25) is 0 Å². The van der Waals surface area contributed by atoms with E-state index in [1.54, 1.807) is 0 Å². The van der Waals surface area contributed by atoms with Crippen LogP contribution in [0.5, 0.6) is 0 Å². The van der Waals surface area contributed by atoms with Crippen molar-refractivity contribution in [2.45, 2.75) is 34.6 Å². The summed E-state index contributed by atoms with van der Waals surface area (Å²) in [4.78, 5) is 0. The molecule has 0 saturated carbocycles. The highest BCUT2D eigenvalue weighted by Gasteiger charge is 1.98. The fourth-order valence-electron chi connectivity index (χ4n) is 0.996. The Hall–Kier alpha value is -0.980. The fraction of sp³-hybridized carbons (Fsp3) is 0.455. The Morgan fingerprint density at radius 3 is 2.17 bits per heavy atom. The van der Waals surface area contributed by atoms with Gasteiger partial charge in [-0.2, -0.15) is 0 Å². The molecule has 0 N–H and O–H groups in total. The molecular formula is C11H18O. The summed E-state index contributed by atoms with van der Waals surface area (Å²) in [5.41, 5.74) is 1.18. The van der Waals surface area contributed by atoms with E-state index in [-0.39, 0.29) is 0 Å². The van der Waals surface area contributed by atoms with Crippen molar-refractivity contribution in [3.05, 3.63) is 29.2 Å². The maximum Gasteiger partial charge on any atom is 0.108 e. The van der Waals surface area contributed by atoms with Crippen molar-refractivity contribution in [2.75, 3.05) is 0 Å². The largest absolute Gasteiger partial charge is 0.466 e. The Balaban J connectivity index is 0.000000561. The second kappa shape index (κ2) is 5.64. The normalized spacial score (nSPS) is 9.75. The van der Waals surface area contributed by atoms with Crippen LogP contribution >= 0.6 is 0 Å².